The highest BCUT2D eigenvalue weighted by Crippen LogP contribution is 2.16. The minimum atomic E-state index is -0.148. The van der Waals surface area contributed by atoms with E-state index in [1.54, 1.807) is 12.5 Å². The third-order valence-electron chi connectivity index (χ3n) is 3.76. The first-order valence-electron chi connectivity index (χ1n) is 7.88. The average Bonchev–Trinajstić information content (AvgIpc) is 3.16. The average molecular weight is 447 g/mol. The number of hydrogen-bond donors (Lipinski definition) is 1. The van der Waals surface area contributed by atoms with Crippen LogP contribution in [0.1, 0.15) is 18.5 Å². The molecule has 2 aromatic carbocycles. The SMILES string of the molecule is CC(NC(=O)COc1ccc(I)cc1)c1ccc(-n2ccnc2)cc1. The van der Waals surface area contributed by atoms with Crippen molar-refractivity contribution in [1.29, 1.82) is 0 Å². The van der Waals surface area contributed by atoms with Gasteiger partial charge < -0.3 is 14.6 Å². The van der Waals surface area contributed by atoms with Gasteiger partial charge in [0.1, 0.15) is 5.75 Å². The molecule has 0 aliphatic rings. The Kier molecular flexibility index (Phi) is 5.70. The van der Waals surface area contributed by atoms with Gasteiger partial charge in [0.05, 0.1) is 12.4 Å². The van der Waals surface area contributed by atoms with Crippen LogP contribution in [-0.4, -0.2) is 22.1 Å². The normalized spacial score (nSPS) is 11.8. The summed E-state index contributed by atoms with van der Waals surface area (Å²) >= 11 is 2.23. The summed E-state index contributed by atoms with van der Waals surface area (Å²) in [6.45, 7) is 1.95. The van der Waals surface area contributed by atoms with Gasteiger partial charge in [-0.1, -0.05) is 12.1 Å². The summed E-state index contributed by atoms with van der Waals surface area (Å²) in [5, 5.41) is 2.95. The van der Waals surface area contributed by atoms with Gasteiger partial charge in [0.25, 0.3) is 5.91 Å². The zero-order valence-corrected chi connectivity index (χ0v) is 15.9. The molecule has 0 fully saturated rings. The van der Waals surface area contributed by atoms with Crippen LogP contribution in [0.25, 0.3) is 5.69 Å². The maximum Gasteiger partial charge on any atom is 0.258 e. The number of ether oxygens (including phenoxy) is 1. The maximum atomic E-state index is 12.1. The summed E-state index contributed by atoms with van der Waals surface area (Å²) in [4.78, 5) is 16.1. The molecule has 0 radical (unpaired) electrons. The summed E-state index contributed by atoms with van der Waals surface area (Å²) < 4.78 is 8.56. The topological polar surface area (TPSA) is 56.1 Å². The lowest BCUT2D eigenvalue weighted by Crippen LogP contribution is -2.31. The van der Waals surface area contributed by atoms with Crippen LogP contribution < -0.4 is 10.1 Å². The Bertz CT molecular complexity index is 815. The van der Waals surface area contributed by atoms with Crippen LogP contribution >= 0.6 is 22.6 Å². The van der Waals surface area contributed by atoms with Gasteiger partial charge in [-0.2, -0.15) is 0 Å². The number of hydrogen-bond acceptors (Lipinski definition) is 3. The molecular formula is C19H18IN3O2. The number of nitrogens with zero attached hydrogens (tertiary/aromatic N) is 2. The largest absolute Gasteiger partial charge is 0.484 e. The van der Waals surface area contributed by atoms with E-state index in [9.17, 15) is 4.79 Å². The number of carbonyl (C=O) groups is 1. The van der Waals surface area contributed by atoms with Crippen LogP contribution in [0, 0.1) is 3.57 Å². The predicted octanol–water partition coefficient (Wildman–Crippen LogP) is 3.73. The molecule has 1 N–H and O–H groups in total. The Balaban J connectivity index is 1.53. The second kappa shape index (κ2) is 8.15. The number of carbonyl (C=O) groups excluding carboxylic acids is 1. The van der Waals surface area contributed by atoms with Crippen LogP contribution in [0.5, 0.6) is 5.75 Å². The van der Waals surface area contributed by atoms with Gasteiger partial charge in [0.2, 0.25) is 0 Å². The van der Waals surface area contributed by atoms with Gasteiger partial charge in [0.15, 0.2) is 6.61 Å². The van der Waals surface area contributed by atoms with Gasteiger partial charge in [-0.3, -0.25) is 4.79 Å². The van der Waals surface area contributed by atoms with E-state index in [4.69, 9.17) is 4.74 Å². The van der Waals surface area contributed by atoms with Gasteiger partial charge >= 0.3 is 0 Å². The molecule has 0 aliphatic heterocycles. The molecular weight excluding hydrogens is 429 g/mol. The fourth-order valence-electron chi connectivity index (χ4n) is 2.39. The van der Waals surface area contributed by atoms with Crippen LogP contribution in [0.4, 0.5) is 0 Å². The molecule has 3 aromatic rings. The molecule has 0 saturated heterocycles. The Morgan fingerprint density at radius 3 is 2.56 bits per heavy atom. The molecule has 1 heterocycles. The highest BCUT2D eigenvalue weighted by Gasteiger charge is 2.10. The summed E-state index contributed by atoms with van der Waals surface area (Å²) in [6.07, 6.45) is 5.38. The quantitative estimate of drug-likeness (QED) is 0.586. The smallest absolute Gasteiger partial charge is 0.258 e. The van der Waals surface area contributed by atoms with Crippen LogP contribution in [0.15, 0.2) is 67.3 Å². The maximum absolute atomic E-state index is 12.1. The lowest BCUT2D eigenvalue weighted by Gasteiger charge is -2.15. The molecule has 1 atom stereocenters. The van der Waals surface area contributed by atoms with E-state index in [1.807, 2.05) is 66.2 Å². The first-order valence-corrected chi connectivity index (χ1v) is 8.96. The molecule has 128 valence electrons. The van der Waals surface area contributed by atoms with Crippen LogP contribution in [-0.2, 0) is 4.79 Å². The lowest BCUT2D eigenvalue weighted by molar-refractivity contribution is -0.123. The summed E-state index contributed by atoms with van der Waals surface area (Å²) in [7, 11) is 0. The number of rotatable bonds is 6. The fourth-order valence-corrected chi connectivity index (χ4v) is 2.75. The second-order valence-electron chi connectivity index (χ2n) is 5.59. The monoisotopic (exact) mass is 447 g/mol. The highest BCUT2D eigenvalue weighted by molar-refractivity contribution is 14.1. The van der Waals surface area contributed by atoms with Crippen molar-refractivity contribution in [1.82, 2.24) is 14.9 Å². The molecule has 1 aromatic heterocycles. The van der Waals surface area contributed by atoms with Crippen molar-refractivity contribution >= 4 is 28.5 Å². The zero-order chi connectivity index (χ0) is 17.6. The fraction of sp³-hybridized carbons (Fsp3) is 0.158. The van der Waals surface area contributed by atoms with Crippen molar-refractivity contribution in [3.8, 4) is 11.4 Å². The zero-order valence-electron chi connectivity index (χ0n) is 13.7. The third kappa shape index (κ3) is 4.82. The number of aromatic nitrogens is 2. The number of benzene rings is 2. The van der Waals surface area contributed by atoms with Gasteiger partial charge in [0, 0.05) is 21.7 Å². The standard InChI is InChI=1S/C19H18IN3O2/c1-14(15-2-6-17(7-3-15)23-11-10-21-13-23)22-19(24)12-25-18-8-4-16(20)5-9-18/h2-11,13-14H,12H2,1H3,(H,22,24). The Hall–Kier alpha value is -2.35. The first-order chi connectivity index (χ1) is 12.1. The molecule has 0 aliphatic carbocycles. The van der Waals surface area contributed by atoms with Crippen LogP contribution in [0.2, 0.25) is 0 Å². The van der Waals surface area contributed by atoms with Crippen molar-refractivity contribution in [3.63, 3.8) is 0 Å². The van der Waals surface area contributed by atoms with Crippen molar-refractivity contribution in [2.45, 2.75) is 13.0 Å². The second-order valence-corrected chi connectivity index (χ2v) is 6.84. The highest BCUT2D eigenvalue weighted by atomic mass is 127. The summed E-state index contributed by atoms with van der Waals surface area (Å²) in [6, 6.07) is 15.5. The Morgan fingerprint density at radius 2 is 1.92 bits per heavy atom. The van der Waals surface area contributed by atoms with E-state index in [0.29, 0.717) is 5.75 Å². The molecule has 1 amide bonds. The third-order valence-corrected chi connectivity index (χ3v) is 4.48. The first kappa shape index (κ1) is 17.5. The van der Waals surface area contributed by atoms with Gasteiger partial charge in [-0.05, 0) is 71.5 Å². The molecule has 5 nitrogen and oxygen atoms in total. The molecule has 25 heavy (non-hydrogen) atoms. The number of nitrogens with one attached hydrogen (secondary N) is 1. The summed E-state index contributed by atoms with van der Waals surface area (Å²) in [5.74, 6) is 0.539. The van der Waals surface area contributed by atoms with Crippen molar-refractivity contribution in [2.24, 2.45) is 0 Å². The number of amides is 1. The molecule has 0 bridgehead atoms. The summed E-state index contributed by atoms with van der Waals surface area (Å²) in [5.41, 5.74) is 2.06. The van der Waals surface area contributed by atoms with E-state index >= 15 is 0 Å². The van der Waals surface area contributed by atoms with Crippen molar-refractivity contribution in [2.75, 3.05) is 6.61 Å². The molecule has 3 rings (SSSR count). The lowest BCUT2D eigenvalue weighted by atomic mass is 10.1. The van der Waals surface area contributed by atoms with Crippen molar-refractivity contribution < 1.29 is 9.53 Å². The van der Waals surface area contributed by atoms with E-state index in [1.165, 1.54) is 0 Å². The minimum Gasteiger partial charge on any atom is -0.484 e. The predicted molar refractivity (Wildman–Crippen MR) is 105 cm³/mol. The minimum absolute atomic E-state index is 0.00193. The van der Waals surface area contributed by atoms with E-state index in [0.717, 1.165) is 14.8 Å². The molecule has 1 unspecified atom stereocenters. The van der Waals surface area contributed by atoms with Crippen molar-refractivity contribution in [3.05, 3.63) is 76.4 Å². The van der Waals surface area contributed by atoms with Crippen LogP contribution in [0.3, 0.4) is 0 Å². The molecule has 6 heteroatoms. The van der Waals surface area contributed by atoms with E-state index in [-0.39, 0.29) is 18.6 Å². The molecule has 0 spiro atoms. The van der Waals surface area contributed by atoms with Gasteiger partial charge in [-0.15, -0.1) is 0 Å². The van der Waals surface area contributed by atoms with E-state index < -0.39 is 0 Å². The Morgan fingerprint density at radius 1 is 1.20 bits per heavy atom. The van der Waals surface area contributed by atoms with Gasteiger partial charge in [-0.25, -0.2) is 4.98 Å². The molecule has 0 saturated carbocycles. The Labute approximate surface area is 160 Å². The van der Waals surface area contributed by atoms with E-state index in [2.05, 4.69) is 32.9 Å². The number of imidazole rings is 1. The number of halogens is 1.